The normalized spacial score (nSPS) is 15.0. The van der Waals surface area contributed by atoms with Crippen molar-refractivity contribution in [1.29, 1.82) is 0 Å². The fraction of sp³-hybridized carbons (Fsp3) is 0.222. The number of pyridine rings is 1. The van der Waals surface area contributed by atoms with Crippen LogP contribution in [0.4, 0.5) is 0 Å². The minimum atomic E-state index is -0.200. The second-order valence-electron chi connectivity index (χ2n) is 8.12. The molecule has 1 aliphatic rings. The van der Waals surface area contributed by atoms with Crippen molar-refractivity contribution in [1.82, 2.24) is 14.9 Å². The van der Waals surface area contributed by atoms with Gasteiger partial charge in [-0.1, -0.05) is 30.3 Å². The summed E-state index contributed by atoms with van der Waals surface area (Å²) in [7, 11) is 3.28. The van der Waals surface area contributed by atoms with E-state index >= 15 is 0 Å². The lowest BCUT2D eigenvalue weighted by atomic mass is 9.87. The van der Waals surface area contributed by atoms with Crippen LogP contribution < -0.4 is 9.47 Å². The van der Waals surface area contributed by atoms with Gasteiger partial charge in [-0.3, -0.25) is 9.78 Å². The molecule has 0 aliphatic carbocycles. The van der Waals surface area contributed by atoms with Gasteiger partial charge >= 0.3 is 0 Å². The predicted molar refractivity (Wildman–Crippen MR) is 132 cm³/mol. The first-order chi connectivity index (χ1) is 16.7. The number of benzene rings is 2. The first kappa shape index (κ1) is 22.1. The van der Waals surface area contributed by atoms with Crippen LogP contribution in [0.1, 0.15) is 28.4 Å². The zero-order chi connectivity index (χ0) is 23.5. The summed E-state index contributed by atoms with van der Waals surface area (Å²) in [6.45, 7) is 0.625. The highest BCUT2D eigenvalue weighted by atomic mass is 32.1. The van der Waals surface area contributed by atoms with E-state index in [0.717, 1.165) is 33.8 Å². The maximum absolute atomic E-state index is 13.6. The molecule has 6 nitrogen and oxygen atoms in total. The van der Waals surface area contributed by atoms with E-state index in [4.69, 9.17) is 14.5 Å². The van der Waals surface area contributed by atoms with E-state index in [1.165, 1.54) is 16.9 Å². The monoisotopic (exact) mass is 471 g/mol. The van der Waals surface area contributed by atoms with Gasteiger partial charge in [-0.05, 0) is 47.4 Å². The molecule has 2 aromatic carbocycles. The van der Waals surface area contributed by atoms with Gasteiger partial charge in [-0.25, -0.2) is 4.98 Å². The third-order valence-electron chi connectivity index (χ3n) is 6.10. The molecule has 0 saturated heterocycles. The number of carbonyl (C=O) groups is 1. The minimum Gasteiger partial charge on any atom is -0.493 e. The molecule has 34 heavy (non-hydrogen) atoms. The van der Waals surface area contributed by atoms with E-state index in [1.54, 1.807) is 26.6 Å². The molecule has 3 heterocycles. The van der Waals surface area contributed by atoms with Crippen LogP contribution in [0.5, 0.6) is 11.5 Å². The van der Waals surface area contributed by atoms with Crippen molar-refractivity contribution in [3.8, 4) is 22.1 Å². The SMILES string of the molecule is COc1cc2c(cc1OC)C(c1ccccc1)N(C(=O)Cc1csc(-c3cccnc3)n1)CC2. The van der Waals surface area contributed by atoms with Crippen LogP contribution in [0.3, 0.4) is 0 Å². The van der Waals surface area contributed by atoms with Gasteiger partial charge in [0.2, 0.25) is 5.91 Å². The lowest BCUT2D eigenvalue weighted by Crippen LogP contribution is -2.41. The summed E-state index contributed by atoms with van der Waals surface area (Å²) in [6.07, 6.45) is 4.54. The average molecular weight is 472 g/mol. The highest BCUT2D eigenvalue weighted by Crippen LogP contribution is 2.41. The number of methoxy groups -OCH3 is 2. The topological polar surface area (TPSA) is 64.6 Å². The van der Waals surface area contributed by atoms with Gasteiger partial charge < -0.3 is 14.4 Å². The molecule has 1 unspecified atom stereocenters. The van der Waals surface area contributed by atoms with Gasteiger partial charge in [0.1, 0.15) is 5.01 Å². The molecule has 0 radical (unpaired) electrons. The minimum absolute atomic E-state index is 0.0531. The van der Waals surface area contributed by atoms with Crippen molar-refractivity contribution in [2.45, 2.75) is 18.9 Å². The van der Waals surface area contributed by atoms with Crippen molar-refractivity contribution < 1.29 is 14.3 Å². The summed E-state index contributed by atoms with van der Waals surface area (Å²) >= 11 is 1.53. The summed E-state index contributed by atoms with van der Waals surface area (Å²) in [6, 6.07) is 17.9. The lowest BCUT2D eigenvalue weighted by Gasteiger charge is -2.38. The van der Waals surface area contributed by atoms with E-state index in [1.807, 2.05) is 52.7 Å². The molecule has 4 aromatic rings. The molecule has 1 atom stereocenters. The van der Waals surface area contributed by atoms with Crippen molar-refractivity contribution in [3.05, 3.63) is 94.8 Å². The number of amides is 1. The van der Waals surface area contributed by atoms with Gasteiger partial charge in [0, 0.05) is 29.9 Å². The van der Waals surface area contributed by atoms with Gasteiger partial charge in [-0.15, -0.1) is 11.3 Å². The maximum atomic E-state index is 13.6. The summed E-state index contributed by atoms with van der Waals surface area (Å²) in [5.41, 5.74) is 5.04. The predicted octanol–water partition coefficient (Wildman–Crippen LogP) is 4.94. The number of hydrogen-bond acceptors (Lipinski definition) is 6. The Morgan fingerprint density at radius 3 is 2.62 bits per heavy atom. The van der Waals surface area contributed by atoms with E-state index < -0.39 is 0 Å². The Kier molecular flexibility index (Phi) is 6.27. The molecule has 0 spiro atoms. The fourth-order valence-corrected chi connectivity index (χ4v) is 5.29. The van der Waals surface area contributed by atoms with Crippen molar-refractivity contribution in [2.24, 2.45) is 0 Å². The highest BCUT2D eigenvalue weighted by Gasteiger charge is 2.33. The Morgan fingerprint density at radius 1 is 1.09 bits per heavy atom. The van der Waals surface area contributed by atoms with Crippen molar-refractivity contribution in [3.63, 3.8) is 0 Å². The second-order valence-corrected chi connectivity index (χ2v) is 8.98. The molecular weight excluding hydrogens is 446 g/mol. The molecule has 7 heteroatoms. The molecule has 2 aromatic heterocycles. The second kappa shape index (κ2) is 9.65. The van der Waals surface area contributed by atoms with Crippen molar-refractivity contribution in [2.75, 3.05) is 20.8 Å². The quantitative estimate of drug-likeness (QED) is 0.399. The number of carbonyl (C=O) groups excluding carboxylic acids is 1. The van der Waals surface area contributed by atoms with Crippen LogP contribution in [-0.2, 0) is 17.6 Å². The Bertz CT molecular complexity index is 1290. The molecule has 172 valence electrons. The standard InChI is InChI=1S/C27H25N3O3S/c1-32-23-13-19-10-12-30(26(18-7-4-3-5-8-18)22(19)15-24(23)33-2)25(31)14-21-17-34-27(29-21)20-9-6-11-28-16-20/h3-9,11,13,15-17,26H,10,12,14H2,1-2H3. The van der Waals surface area contributed by atoms with Crippen LogP contribution >= 0.6 is 11.3 Å². The third kappa shape index (κ3) is 4.26. The number of aromatic nitrogens is 2. The molecule has 0 fully saturated rings. The zero-order valence-corrected chi connectivity index (χ0v) is 19.9. The number of rotatable bonds is 6. The molecule has 1 amide bonds. The molecule has 0 N–H and O–H groups in total. The zero-order valence-electron chi connectivity index (χ0n) is 19.1. The molecule has 1 aliphatic heterocycles. The van der Waals surface area contributed by atoms with Gasteiger partial charge in [0.15, 0.2) is 11.5 Å². The lowest BCUT2D eigenvalue weighted by molar-refractivity contribution is -0.132. The van der Waals surface area contributed by atoms with Crippen LogP contribution in [0.25, 0.3) is 10.6 Å². The van der Waals surface area contributed by atoms with Gasteiger partial charge in [0.25, 0.3) is 0 Å². The van der Waals surface area contributed by atoms with Crippen LogP contribution in [0, 0.1) is 0 Å². The van der Waals surface area contributed by atoms with E-state index in [-0.39, 0.29) is 18.4 Å². The third-order valence-corrected chi connectivity index (χ3v) is 7.04. The largest absolute Gasteiger partial charge is 0.493 e. The Hall–Kier alpha value is -3.71. The summed E-state index contributed by atoms with van der Waals surface area (Å²) < 4.78 is 11.1. The molecular formula is C27H25N3O3S. The van der Waals surface area contributed by atoms with E-state index in [9.17, 15) is 4.79 Å². The summed E-state index contributed by atoms with van der Waals surface area (Å²) in [5.74, 6) is 1.42. The Morgan fingerprint density at radius 2 is 1.88 bits per heavy atom. The summed E-state index contributed by atoms with van der Waals surface area (Å²) in [4.78, 5) is 24.4. The average Bonchev–Trinajstić information content (AvgIpc) is 3.36. The van der Waals surface area contributed by atoms with E-state index in [0.29, 0.717) is 18.0 Å². The summed E-state index contributed by atoms with van der Waals surface area (Å²) in [5, 5.41) is 2.83. The van der Waals surface area contributed by atoms with Gasteiger partial charge in [0.05, 0.1) is 32.4 Å². The number of ether oxygens (including phenoxy) is 2. The Balaban J connectivity index is 1.47. The highest BCUT2D eigenvalue weighted by molar-refractivity contribution is 7.13. The fourth-order valence-electron chi connectivity index (χ4n) is 4.48. The maximum Gasteiger partial charge on any atom is 0.229 e. The van der Waals surface area contributed by atoms with Crippen LogP contribution in [0.2, 0.25) is 0 Å². The van der Waals surface area contributed by atoms with Gasteiger partial charge in [-0.2, -0.15) is 0 Å². The number of hydrogen-bond donors (Lipinski definition) is 0. The Labute approximate surface area is 202 Å². The first-order valence-electron chi connectivity index (χ1n) is 11.1. The molecule has 0 bridgehead atoms. The number of fused-ring (bicyclic) bond motifs is 1. The first-order valence-corrected chi connectivity index (χ1v) is 12.0. The number of nitrogens with zero attached hydrogens (tertiary/aromatic N) is 3. The number of thiazole rings is 1. The van der Waals surface area contributed by atoms with E-state index in [2.05, 4.69) is 17.1 Å². The smallest absolute Gasteiger partial charge is 0.229 e. The van der Waals surface area contributed by atoms with Crippen LogP contribution in [0.15, 0.2) is 72.4 Å². The molecule has 5 rings (SSSR count). The molecule has 0 saturated carbocycles. The van der Waals surface area contributed by atoms with Crippen molar-refractivity contribution >= 4 is 17.2 Å². The van der Waals surface area contributed by atoms with Crippen LogP contribution in [-0.4, -0.2) is 41.5 Å².